The first-order valence-electron chi connectivity index (χ1n) is 12.5. The lowest BCUT2D eigenvalue weighted by atomic mass is 9.61. The summed E-state index contributed by atoms with van der Waals surface area (Å²) in [6, 6.07) is 17.9. The van der Waals surface area contributed by atoms with Crippen molar-refractivity contribution in [2.45, 2.75) is 57.7 Å². The van der Waals surface area contributed by atoms with E-state index < -0.39 is 12.1 Å². The Morgan fingerprint density at radius 1 is 1.19 bits per heavy atom. The van der Waals surface area contributed by atoms with Crippen LogP contribution in [0.25, 0.3) is 11.1 Å². The van der Waals surface area contributed by atoms with Crippen molar-refractivity contribution < 1.29 is 22.7 Å². The Kier molecular flexibility index (Phi) is 8.15. The van der Waals surface area contributed by atoms with Crippen LogP contribution in [0.4, 0.5) is 13.2 Å². The number of halogens is 3. The number of alkyl halides is 3. The molecule has 2 aromatic carbocycles. The number of carbonyl (C=O) groups excluding carboxylic acids is 1. The molecule has 2 aliphatic rings. The van der Waals surface area contributed by atoms with Gasteiger partial charge in [0.15, 0.2) is 0 Å². The highest BCUT2D eigenvalue weighted by atomic mass is 19.4. The summed E-state index contributed by atoms with van der Waals surface area (Å²) >= 11 is 0. The van der Waals surface area contributed by atoms with Gasteiger partial charge in [0.05, 0.1) is 24.8 Å². The van der Waals surface area contributed by atoms with E-state index in [0.717, 1.165) is 42.4 Å². The maximum absolute atomic E-state index is 12.4. The zero-order valence-electron chi connectivity index (χ0n) is 20.2. The minimum atomic E-state index is -4.84. The molecule has 0 spiro atoms. The van der Waals surface area contributed by atoms with Crippen molar-refractivity contribution in [1.29, 1.82) is 5.26 Å². The molecule has 0 saturated heterocycles. The summed E-state index contributed by atoms with van der Waals surface area (Å²) in [4.78, 5) is 11.0. The number of carbonyl (C=O) groups is 1. The Morgan fingerprint density at radius 2 is 1.97 bits per heavy atom. The predicted octanol–water partition coefficient (Wildman–Crippen LogP) is 6.71. The average Bonchev–Trinajstić information content (AvgIpc) is 2.86. The van der Waals surface area contributed by atoms with Crippen LogP contribution < -0.4 is 5.32 Å². The van der Waals surface area contributed by atoms with E-state index in [0.29, 0.717) is 31.1 Å². The van der Waals surface area contributed by atoms with E-state index in [1.165, 1.54) is 18.4 Å². The number of fused-ring (bicyclic) bond motifs is 2. The van der Waals surface area contributed by atoms with Crippen LogP contribution in [-0.4, -0.2) is 25.2 Å². The smallest absolute Gasteiger partial charge is 0.376 e. The first-order chi connectivity index (χ1) is 17.3. The van der Waals surface area contributed by atoms with E-state index in [2.05, 4.69) is 12.1 Å². The zero-order chi connectivity index (χ0) is 25.6. The predicted molar refractivity (Wildman–Crippen MR) is 132 cm³/mol. The summed E-state index contributed by atoms with van der Waals surface area (Å²) in [5.74, 6) is -1.30. The number of nitrogens with zero attached hydrogens (tertiary/aromatic N) is 1. The third kappa shape index (κ3) is 6.76. The fraction of sp³-hybridized carbons (Fsp3) is 0.448. The second kappa shape index (κ2) is 11.3. The van der Waals surface area contributed by atoms with Gasteiger partial charge in [-0.15, -0.1) is 0 Å². The number of rotatable bonds is 8. The number of ether oxygens (including phenoxy) is 1. The van der Waals surface area contributed by atoms with Gasteiger partial charge in [-0.2, -0.15) is 18.4 Å². The Morgan fingerprint density at radius 3 is 2.75 bits per heavy atom. The Balaban J connectivity index is 1.33. The quantitative estimate of drug-likeness (QED) is 0.326. The molecule has 0 aromatic heterocycles. The Hall–Kier alpha value is -3.11. The van der Waals surface area contributed by atoms with Crippen LogP contribution in [0, 0.1) is 22.7 Å². The van der Waals surface area contributed by atoms with Crippen LogP contribution in [0.2, 0.25) is 0 Å². The summed E-state index contributed by atoms with van der Waals surface area (Å²) in [6.45, 7) is 1.14. The average molecular weight is 497 g/mol. The number of nitriles is 1. The van der Waals surface area contributed by atoms with Gasteiger partial charge in [-0.05, 0) is 78.3 Å². The minimum Gasteiger partial charge on any atom is -0.376 e. The first-order valence-corrected chi connectivity index (χ1v) is 12.5. The maximum Gasteiger partial charge on any atom is 0.471 e. The van der Waals surface area contributed by atoms with E-state index in [1.54, 1.807) is 6.07 Å². The highest BCUT2D eigenvalue weighted by molar-refractivity contribution is 5.81. The molecule has 190 valence electrons. The molecule has 7 heteroatoms. The summed E-state index contributed by atoms with van der Waals surface area (Å²) in [5.41, 5.74) is 5.09. The summed E-state index contributed by atoms with van der Waals surface area (Å²) in [6.07, 6.45) is 4.03. The van der Waals surface area contributed by atoms with Gasteiger partial charge in [-0.1, -0.05) is 54.8 Å². The fourth-order valence-corrected chi connectivity index (χ4v) is 5.74. The van der Waals surface area contributed by atoms with Gasteiger partial charge < -0.3 is 10.1 Å². The van der Waals surface area contributed by atoms with E-state index in [4.69, 9.17) is 4.74 Å². The van der Waals surface area contributed by atoms with Crippen molar-refractivity contribution in [1.82, 2.24) is 5.32 Å². The van der Waals surface area contributed by atoms with Gasteiger partial charge in [-0.3, -0.25) is 4.79 Å². The van der Waals surface area contributed by atoms with Gasteiger partial charge in [0.25, 0.3) is 0 Å². The lowest BCUT2D eigenvalue weighted by Gasteiger charge is -2.46. The number of allylic oxidation sites excluding steroid dienone is 1. The second-order valence-electron chi connectivity index (χ2n) is 10.1. The maximum atomic E-state index is 12.4. The molecular formula is C29H31F3N2O2. The molecule has 4 nitrogen and oxygen atoms in total. The summed E-state index contributed by atoms with van der Waals surface area (Å²) in [5, 5.41) is 11.1. The standard InChI is InChI=1S/C29H31F3N2O2/c30-29(31,32)27(35)34-12-4-8-22-13-21-7-3-11-28(16-21,17-22)20-36-19-24-6-2-10-26(15-24)25-9-1-5-23(14-25)18-33/h1-2,5-6,8-10,14-15,21H,3-4,7,11-13,16-17,19-20H2,(H,34,35)/b22-8-. The van der Waals surface area contributed by atoms with E-state index in [-0.39, 0.29) is 12.0 Å². The number of amides is 1. The topological polar surface area (TPSA) is 62.1 Å². The molecule has 2 bridgehead atoms. The summed E-state index contributed by atoms with van der Waals surface area (Å²) < 4.78 is 43.3. The fourth-order valence-electron chi connectivity index (χ4n) is 5.74. The molecule has 2 aliphatic carbocycles. The van der Waals surface area contributed by atoms with Crippen LogP contribution in [-0.2, 0) is 16.1 Å². The molecule has 2 unspecified atom stereocenters. The molecule has 2 aromatic rings. The molecule has 1 N–H and O–H groups in total. The Labute approximate surface area is 210 Å². The number of hydrogen-bond donors (Lipinski definition) is 1. The molecule has 2 fully saturated rings. The molecule has 2 atom stereocenters. The van der Waals surface area contributed by atoms with Crippen molar-refractivity contribution in [2.24, 2.45) is 11.3 Å². The number of hydrogen-bond acceptors (Lipinski definition) is 3. The largest absolute Gasteiger partial charge is 0.471 e. The molecule has 1 amide bonds. The minimum absolute atomic E-state index is 0.0103. The van der Waals surface area contributed by atoms with Crippen molar-refractivity contribution in [3.05, 3.63) is 71.3 Å². The van der Waals surface area contributed by atoms with Crippen molar-refractivity contribution in [3.63, 3.8) is 0 Å². The van der Waals surface area contributed by atoms with Gasteiger partial charge in [0, 0.05) is 6.54 Å². The summed E-state index contributed by atoms with van der Waals surface area (Å²) in [7, 11) is 0. The van der Waals surface area contributed by atoms with Gasteiger partial charge in [0.1, 0.15) is 0 Å². The monoisotopic (exact) mass is 496 g/mol. The van der Waals surface area contributed by atoms with E-state index in [1.807, 2.05) is 47.8 Å². The van der Waals surface area contributed by atoms with Gasteiger partial charge >= 0.3 is 12.1 Å². The Bertz CT molecular complexity index is 1150. The highest BCUT2D eigenvalue weighted by Crippen LogP contribution is 2.51. The molecule has 0 aliphatic heterocycles. The lowest BCUT2D eigenvalue weighted by molar-refractivity contribution is -0.173. The van der Waals surface area contributed by atoms with Crippen molar-refractivity contribution in [2.75, 3.05) is 13.2 Å². The number of benzene rings is 2. The van der Waals surface area contributed by atoms with Gasteiger partial charge in [0.2, 0.25) is 0 Å². The van der Waals surface area contributed by atoms with Crippen LogP contribution in [0.3, 0.4) is 0 Å². The van der Waals surface area contributed by atoms with Crippen LogP contribution >= 0.6 is 0 Å². The third-order valence-electron chi connectivity index (χ3n) is 7.24. The molecular weight excluding hydrogens is 465 g/mol. The normalized spacial score (nSPS) is 22.7. The highest BCUT2D eigenvalue weighted by Gasteiger charge is 2.41. The molecule has 36 heavy (non-hydrogen) atoms. The van der Waals surface area contributed by atoms with Gasteiger partial charge in [-0.25, -0.2) is 0 Å². The van der Waals surface area contributed by atoms with Crippen LogP contribution in [0.15, 0.2) is 60.2 Å². The molecule has 0 heterocycles. The van der Waals surface area contributed by atoms with E-state index in [9.17, 15) is 23.2 Å². The molecule has 0 radical (unpaired) electrons. The van der Waals surface area contributed by atoms with Crippen molar-refractivity contribution >= 4 is 5.91 Å². The van der Waals surface area contributed by atoms with Crippen LogP contribution in [0.1, 0.15) is 56.1 Å². The molecule has 2 saturated carbocycles. The molecule has 4 rings (SSSR count). The SMILES string of the molecule is N#Cc1cccc(-c2cccc(COCC34CCCC(C/C(=C/CCNC(=O)C(F)(F)F)C3)C4)c2)c1. The van der Waals surface area contributed by atoms with Crippen molar-refractivity contribution in [3.8, 4) is 17.2 Å². The third-order valence-corrected chi connectivity index (χ3v) is 7.24. The first kappa shape index (κ1) is 26.0. The van der Waals surface area contributed by atoms with E-state index >= 15 is 0 Å². The second-order valence-corrected chi connectivity index (χ2v) is 10.1. The zero-order valence-corrected chi connectivity index (χ0v) is 20.2. The number of nitrogens with one attached hydrogen (secondary N) is 1. The van der Waals surface area contributed by atoms with Crippen LogP contribution in [0.5, 0.6) is 0 Å². The lowest BCUT2D eigenvalue weighted by Crippen LogP contribution is -2.38.